The summed E-state index contributed by atoms with van der Waals surface area (Å²) >= 11 is 0. The molecule has 1 aliphatic rings. The fraction of sp³-hybridized carbons (Fsp3) is 0.263. The van der Waals surface area contributed by atoms with E-state index in [1.165, 1.54) is 19.3 Å². The molecule has 5 heteroatoms. The Morgan fingerprint density at radius 1 is 1.12 bits per heavy atom. The van der Waals surface area contributed by atoms with Crippen LogP contribution in [0.25, 0.3) is 11.0 Å². The number of nitrogens with two attached hydrogens (primary N) is 1. The van der Waals surface area contributed by atoms with Gasteiger partial charge in [-0.3, -0.25) is 4.79 Å². The molecule has 5 nitrogen and oxygen atoms in total. The number of carbonyl (C=O) groups excluding carboxylic acids is 1. The van der Waals surface area contributed by atoms with Crippen LogP contribution in [0.5, 0.6) is 0 Å². The van der Waals surface area contributed by atoms with E-state index >= 15 is 0 Å². The monoisotopic (exact) mass is 320 g/mol. The average molecular weight is 320 g/mol. The van der Waals surface area contributed by atoms with Crippen molar-refractivity contribution in [2.45, 2.75) is 32.2 Å². The lowest BCUT2D eigenvalue weighted by Crippen LogP contribution is -2.12. The van der Waals surface area contributed by atoms with Crippen molar-refractivity contribution in [2.24, 2.45) is 0 Å². The number of nitrogens with zero attached hydrogens (tertiary/aromatic N) is 2. The third-order valence-electron chi connectivity index (χ3n) is 4.52. The number of hydrogen-bond donors (Lipinski definition) is 2. The first-order valence-electron chi connectivity index (χ1n) is 8.37. The number of aromatic nitrogens is 2. The van der Waals surface area contributed by atoms with Crippen LogP contribution in [0.3, 0.4) is 0 Å². The van der Waals surface area contributed by atoms with Gasteiger partial charge in [0.15, 0.2) is 0 Å². The number of hydrogen-bond acceptors (Lipinski definition) is 3. The molecule has 3 N–H and O–H groups in total. The lowest BCUT2D eigenvalue weighted by atomic mass is 10.2. The summed E-state index contributed by atoms with van der Waals surface area (Å²) in [6.07, 6.45) is 4.69. The zero-order valence-electron chi connectivity index (χ0n) is 13.5. The van der Waals surface area contributed by atoms with Crippen molar-refractivity contribution < 1.29 is 4.79 Å². The Kier molecular flexibility index (Phi) is 3.69. The second kappa shape index (κ2) is 6.00. The summed E-state index contributed by atoms with van der Waals surface area (Å²) in [4.78, 5) is 17.1. The molecule has 0 saturated carbocycles. The van der Waals surface area contributed by atoms with Crippen LogP contribution in [0.2, 0.25) is 0 Å². The van der Waals surface area contributed by atoms with Crippen LogP contribution in [0.4, 0.5) is 11.4 Å². The standard InChI is InChI=1S/C19H20N4O/c20-14-6-4-5-13(11-14)19(24)21-15-8-9-17-16(12-15)22-18-7-2-1-3-10-23(17)18/h4-6,8-9,11-12H,1-3,7,10,20H2,(H,21,24). The first kappa shape index (κ1) is 14.8. The molecule has 0 aliphatic carbocycles. The summed E-state index contributed by atoms with van der Waals surface area (Å²) in [5.74, 6) is 0.990. The van der Waals surface area contributed by atoms with Gasteiger partial charge in [0, 0.05) is 29.9 Å². The summed E-state index contributed by atoms with van der Waals surface area (Å²) in [5, 5.41) is 2.93. The molecule has 0 spiro atoms. The minimum Gasteiger partial charge on any atom is -0.399 e. The number of nitrogen functional groups attached to an aromatic ring is 1. The Morgan fingerprint density at radius 3 is 2.92 bits per heavy atom. The van der Waals surface area contributed by atoms with Crippen LogP contribution in [0, 0.1) is 0 Å². The van der Waals surface area contributed by atoms with Crippen LogP contribution in [-0.2, 0) is 13.0 Å². The predicted molar refractivity (Wildman–Crippen MR) is 96.1 cm³/mol. The van der Waals surface area contributed by atoms with Gasteiger partial charge < -0.3 is 15.6 Å². The van der Waals surface area contributed by atoms with Gasteiger partial charge in [0.2, 0.25) is 0 Å². The Bertz CT molecular complexity index is 913. The van der Waals surface area contributed by atoms with E-state index in [-0.39, 0.29) is 5.91 Å². The van der Waals surface area contributed by atoms with E-state index in [1.54, 1.807) is 24.3 Å². The number of imidazole rings is 1. The van der Waals surface area contributed by atoms with Gasteiger partial charge in [-0.2, -0.15) is 0 Å². The van der Waals surface area contributed by atoms with Crippen molar-refractivity contribution in [3.8, 4) is 0 Å². The second-order valence-electron chi connectivity index (χ2n) is 6.27. The van der Waals surface area contributed by atoms with Crippen LogP contribution in [0.15, 0.2) is 42.5 Å². The van der Waals surface area contributed by atoms with Crippen molar-refractivity contribution in [1.82, 2.24) is 9.55 Å². The average Bonchev–Trinajstić information content (AvgIpc) is 2.75. The molecule has 0 atom stereocenters. The molecule has 0 unspecified atom stereocenters. The van der Waals surface area contributed by atoms with E-state index in [2.05, 4.69) is 9.88 Å². The molecule has 4 rings (SSSR count). The Balaban J connectivity index is 1.62. The number of fused-ring (bicyclic) bond motifs is 3. The zero-order chi connectivity index (χ0) is 16.5. The van der Waals surface area contributed by atoms with Gasteiger partial charge in [-0.25, -0.2) is 4.98 Å². The fourth-order valence-corrected chi connectivity index (χ4v) is 3.31. The lowest BCUT2D eigenvalue weighted by Gasteiger charge is -2.07. The van der Waals surface area contributed by atoms with Gasteiger partial charge >= 0.3 is 0 Å². The molecule has 1 amide bonds. The van der Waals surface area contributed by atoms with Crippen molar-refractivity contribution >= 4 is 28.3 Å². The number of amides is 1. The highest BCUT2D eigenvalue weighted by atomic mass is 16.1. The Labute approximate surface area is 140 Å². The van der Waals surface area contributed by atoms with Crippen molar-refractivity contribution in [3.05, 3.63) is 53.9 Å². The summed E-state index contributed by atoms with van der Waals surface area (Å²) in [5.41, 5.74) is 9.71. The first-order valence-corrected chi connectivity index (χ1v) is 8.37. The molecule has 0 bridgehead atoms. The summed E-state index contributed by atoms with van der Waals surface area (Å²) in [6, 6.07) is 12.9. The first-order chi connectivity index (χ1) is 11.7. The SMILES string of the molecule is Nc1cccc(C(=O)Nc2ccc3c(c2)nc2n3CCCCC2)c1. The van der Waals surface area contributed by atoms with Crippen LogP contribution < -0.4 is 11.1 Å². The quantitative estimate of drug-likeness (QED) is 0.709. The van der Waals surface area contributed by atoms with Gasteiger partial charge in [0.25, 0.3) is 5.91 Å². The second-order valence-corrected chi connectivity index (χ2v) is 6.27. The van der Waals surface area contributed by atoms with E-state index < -0.39 is 0 Å². The van der Waals surface area contributed by atoms with Gasteiger partial charge in [0.05, 0.1) is 11.0 Å². The van der Waals surface area contributed by atoms with E-state index in [0.717, 1.165) is 35.5 Å². The smallest absolute Gasteiger partial charge is 0.255 e. The van der Waals surface area contributed by atoms with Crippen molar-refractivity contribution in [2.75, 3.05) is 11.1 Å². The van der Waals surface area contributed by atoms with E-state index in [9.17, 15) is 4.79 Å². The maximum absolute atomic E-state index is 12.4. The number of anilines is 2. The van der Waals surface area contributed by atoms with E-state index in [4.69, 9.17) is 10.7 Å². The minimum atomic E-state index is -0.164. The van der Waals surface area contributed by atoms with Crippen LogP contribution >= 0.6 is 0 Å². The zero-order valence-corrected chi connectivity index (χ0v) is 13.5. The predicted octanol–water partition coefficient (Wildman–Crippen LogP) is 3.60. The summed E-state index contributed by atoms with van der Waals surface area (Å²) in [6.45, 7) is 1.03. The third kappa shape index (κ3) is 2.73. The normalized spacial score (nSPS) is 14.2. The number of benzene rings is 2. The molecule has 24 heavy (non-hydrogen) atoms. The summed E-state index contributed by atoms with van der Waals surface area (Å²) < 4.78 is 2.31. The van der Waals surface area contributed by atoms with Crippen LogP contribution in [-0.4, -0.2) is 15.5 Å². The number of nitrogens with one attached hydrogen (secondary N) is 1. The van der Waals surface area contributed by atoms with E-state index in [0.29, 0.717) is 11.3 Å². The van der Waals surface area contributed by atoms with Gasteiger partial charge in [-0.05, 0) is 49.2 Å². The maximum Gasteiger partial charge on any atom is 0.255 e. The molecule has 2 aromatic carbocycles. The molecule has 3 aromatic rings. The molecule has 0 saturated heterocycles. The largest absolute Gasteiger partial charge is 0.399 e. The molecule has 1 aromatic heterocycles. The van der Waals surface area contributed by atoms with Gasteiger partial charge in [-0.15, -0.1) is 0 Å². The lowest BCUT2D eigenvalue weighted by molar-refractivity contribution is 0.102. The minimum absolute atomic E-state index is 0.164. The highest BCUT2D eigenvalue weighted by molar-refractivity contribution is 6.05. The molecule has 0 radical (unpaired) electrons. The number of carbonyl (C=O) groups is 1. The maximum atomic E-state index is 12.4. The number of aryl methyl sites for hydroxylation is 2. The highest BCUT2D eigenvalue weighted by Gasteiger charge is 2.14. The summed E-state index contributed by atoms with van der Waals surface area (Å²) in [7, 11) is 0. The molecule has 0 fully saturated rings. The fourth-order valence-electron chi connectivity index (χ4n) is 3.31. The third-order valence-corrected chi connectivity index (χ3v) is 4.52. The van der Waals surface area contributed by atoms with Gasteiger partial charge in [-0.1, -0.05) is 12.5 Å². The molecular formula is C19H20N4O. The Morgan fingerprint density at radius 2 is 2.04 bits per heavy atom. The molecule has 122 valence electrons. The van der Waals surface area contributed by atoms with Gasteiger partial charge in [0.1, 0.15) is 5.82 Å². The topological polar surface area (TPSA) is 72.9 Å². The Hall–Kier alpha value is -2.82. The molecule has 2 heterocycles. The highest BCUT2D eigenvalue weighted by Crippen LogP contribution is 2.24. The van der Waals surface area contributed by atoms with Crippen LogP contribution in [0.1, 0.15) is 35.4 Å². The molecule has 1 aliphatic heterocycles. The van der Waals surface area contributed by atoms with Crippen molar-refractivity contribution in [3.63, 3.8) is 0 Å². The number of rotatable bonds is 2. The van der Waals surface area contributed by atoms with E-state index in [1.807, 2.05) is 18.2 Å². The van der Waals surface area contributed by atoms with Crippen molar-refractivity contribution in [1.29, 1.82) is 0 Å². The molecular weight excluding hydrogens is 300 g/mol.